The number of thioether (sulfide) groups is 1. The molecule has 0 saturated carbocycles. The van der Waals surface area contributed by atoms with Gasteiger partial charge in [0.1, 0.15) is 16.9 Å². The van der Waals surface area contributed by atoms with Crippen LogP contribution in [-0.2, 0) is 5.75 Å². The predicted molar refractivity (Wildman–Crippen MR) is 89.9 cm³/mol. The van der Waals surface area contributed by atoms with E-state index in [4.69, 9.17) is 4.74 Å². The zero-order valence-corrected chi connectivity index (χ0v) is 14.2. The molecule has 0 amide bonds. The molecule has 0 fully saturated rings. The van der Waals surface area contributed by atoms with Crippen molar-refractivity contribution in [2.75, 3.05) is 0 Å². The van der Waals surface area contributed by atoms with Crippen LogP contribution in [0.25, 0.3) is 11.0 Å². The molecule has 2 heterocycles. The average molecular weight is 397 g/mol. The number of hydrogen-bond acceptors (Lipinski definition) is 3. The Hall–Kier alpha value is -1.60. The zero-order valence-electron chi connectivity index (χ0n) is 11.7. The fourth-order valence-electron chi connectivity index (χ4n) is 2.82. The summed E-state index contributed by atoms with van der Waals surface area (Å²) in [6, 6.07) is 12.8. The molecule has 7 heteroatoms. The molecule has 0 aliphatic carbocycles. The molecular formula is C16H11BrF2N2OS. The van der Waals surface area contributed by atoms with Crippen molar-refractivity contribution in [3.63, 3.8) is 0 Å². The van der Waals surface area contributed by atoms with Gasteiger partial charge in [-0.3, -0.25) is 0 Å². The summed E-state index contributed by atoms with van der Waals surface area (Å²) in [5.41, 5.74) is 2.62. The van der Waals surface area contributed by atoms with E-state index in [9.17, 15) is 8.78 Å². The third kappa shape index (κ3) is 2.61. The Balaban J connectivity index is 1.85. The van der Waals surface area contributed by atoms with Crippen LogP contribution < -0.4 is 4.74 Å². The summed E-state index contributed by atoms with van der Waals surface area (Å²) in [5, 5.41) is -0.126. The largest absolute Gasteiger partial charge is 0.434 e. The van der Waals surface area contributed by atoms with Crippen LogP contribution in [0, 0.1) is 0 Å². The van der Waals surface area contributed by atoms with E-state index in [0.717, 1.165) is 32.6 Å². The van der Waals surface area contributed by atoms with Gasteiger partial charge >= 0.3 is 6.61 Å². The second-order valence-electron chi connectivity index (χ2n) is 5.11. The summed E-state index contributed by atoms with van der Waals surface area (Å²) >= 11 is 5.13. The van der Waals surface area contributed by atoms with Crippen LogP contribution in [0.3, 0.4) is 0 Å². The van der Waals surface area contributed by atoms with Crippen molar-refractivity contribution in [2.45, 2.75) is 17.7 Å². The maximum atomic E-state index is 12.7. The zero-order chi connectivity index (χ0) is 16.0. The minimum atomic E-state index is -2.84. The number of halogens is 3. The number of ether oxygens (including phenoxy) is 1. The lowest BCUT2D eigenvalue weighted by molar-refractivity contribution is -0.0504. The first kappa shape index (κ1) is 15.0. The molecule has 1 atom stereocenters. The van der Waals surface area contributed by atoms with Gasteiger partial charge in [-0.05, 0) is 24.3 Å². The van der Waals surface area contributed by atoms with Crippen molar-refractivity contribution >= 4 is 38.7 Å². The van der Waals surface area contributed by atoms with E-state index in [1.165, 1.54) is 0 Å². The lowest BCUT2D eigenvalue weighted by atomic mass is 10.2. The number of alkyl halides is 2. The van der Waals surface area contributed by atoms with E-state index in [0.29, 0.717) is 0 Å². The number of imidazole rings is 1. The van der Waals surface area contributed by atoms with Gasteiger partial charge in [-0.1, -0.05) is 34.1 Å². The van der Waals surface area contributed by atoms with Gasteiger partial charge in [-0.15, -0.1) is 11.8 Å². The summed E-state index contributed by atoms with van der Waals surface area (Å²) < 4.78 is 33.1. The summed E-state index contributed by atoms with van der Waals surface area (Å²) in [6.45, 7) is -2.84. The Morgan fingerprint density at radius 3 is 2.91 bits per heavy atom. The maximum Gasteiger partial charge on any atom is 0.387 e. The lowest BCUT2D eigenvalue weighted by Gasteiger charge is -2.18. The van der Waals surface area contributed by atoms with Crippen molar-refractivity contribution in [1.82, 2.24) is 9.55 Å². The first-order valence-electron chi connectivity index (χ1n) is 6.95. The van der Waals surface area contributed by atoms with E-state index in [1.807, 2.05) is 30.3 Å². The molecule has 0 bridgehead atoms. The number of nitrogens with zero attached hydrogens (tertiary/aromatic N) is 2. The smallest absolute Gasteiger partial charge is 0.387 e. The van der Waals surface area contributed by atoms with Crippen molar-refractivity contribution in [2.24, 2.45) is 0 Å². The molecule has 2 aromatic carbocycles. The molecule has 0 unspecified atom stereocenters. The second kappa shape index (κ2) is 5.79. The highest BCUT2D eigenvalue weighted by molar-refractivity contribution is 9.10. The molecule has 23 heavy (non-hydrogen) atoms. The first-order valence-corrected chi connectivity index (χ1v) is 8.79. The van der Waals surface area contributed by atoms with Gasteiger partial charge in [0.05, 0.1) is 16.8 Å². The average Bonchev–Trinajstić information content (AvgIpc) is 3.06. The van der Waals surface area contributed by atoms with Gasteiger partial charge in [0, 0.05) is 10.0 Å². The van der Waals surface area contributed by atoms with E-state index in [2.05, 4.69) is 25.5 Å². The van der Waals surface area contributed by atoms with Crippen molar-refractivity contribution in [1.29, 1.82) is 0 Å². The highest BCUT2D eigenvalue weighted by atomic mass is 79.9. The monoisotopic (exact) mass is 396 g/mol. The molecule has 1 aromatic heterocycles. The Labute approximate surface area is 143 Å². The molecule has 3 nitrogen and oxygen atoms in total. The van der Waals surface area contributed by atoms with Crippen LogP contribution in [0.2, 0.25) is 0 Å². The van der Waals surface area contributed by atoms with E-state index < -0.39 is 6.61 Å². The SMILES string of the molecule is FC(F)Oc1ccccc1[C@@H]1SCc2nc3ccc(Br)cc3n21. The molecule has 118 valence electrons. The van der Waals surface area contributed by atoms with Gasteiger partial charge in [0.15, 0.2) is 0 Å². The maximum absolute atomic E-state index is 12.7. The van der Waals surface area contributed by atoms with Gasteiger partial charge in [0.25, 0.3) is 0 Å². The normalized spacial score (nSPS) is 17.0. The predicted octanol–water partition coefficient (Wildman–Crippen LogP) is 5.19. The number of hydrogen-bond donors (Lipinski definition) is 0. The highest BCUT2D eigenvalue weighted by Crippen LogP contribution is 2.45. The number of para-hydroxylation sites is 1. The first-order chi connectivity index (χ1) is 11.1. The van der Waals surface area contributed by atoms with E-state index in [1.54, 1.807) is 23.9 Å². The van der Waals surface area contributed by atoms with E-state index in [-0.39, 0.29) is 11.1 Å². The molecule has 0 radical (unpaired) electrons. The molecule has 0 saturated heterocycles. The number of benzene rings is 2. The third-order valence-electron chi connectivity index (χ3n) is 3.73. The minimum absolute atomic E-state index is 0.126. The molecule has 4 rings (SSSR count). The lowest BCUT2D eigenvalue weighted by Crippen LogP contribution is -2.09. The molecule has 0 N–H and O–H groups in total. The van der Waals surface area contributed by atoms with Crippen LogP contribution in [0.5, 0.6) is 5.75 Å². The molecule has 0 spiro atoms. The number of rotatable bonds is 3. The topological polar surface area (TPSA) is 27.1 Å². The minimum Gasteiger partial charge on any atom is -0.434 e. The Bertz CT molecular complexity index is 884. The summed E-state index contributed by atoms with van der Waals surface area (Å²) in [6.07, 6.45) is 0. The Morgan fingerprint density at radius 1 is 1.26 bits per heavy atom. The van der Waals surface area contributed by atoms with Crippen molar-refractivity contribution < 1.29 is 13.5 Å². The van der Waals surface area contributed by atoms with Crippen LogP contribution in [0.1, 0.15) is 16.8 Å². The summed E-state index contributed by atoms with van der Waals surface area (Å²) in [5.74, 6) is 1.89. The Kier molecular flexibility index (Phi) is 3.77. The summed E-state index contributed by atoms with van der Waals surface area (Å²) in [7, 11) is 0. The fourth-order valence-corrected chi connectivity index (χ4v) is 4.44. The number of fused-ring (bicyclic) bond motifs is 3. The van der Waals surface area contributed by atoms with Gasteiger partial charge in [0.2, 0.25) is 0 Å². The van der Waals surface area contributed by atoms with Gasteiger partial charge in [-0.25, -0.2) is 4.98 Å². The molecule has 1 aliphatic rings. The van der Waals surface area contributed by atoms with E-state index >= 15 is 0 Å². The van der Waals surface area contributed by atoms with Crippen LogP contribution in [-0.4, -0.2) is 16.2 Å². The van der Waals surface area contributed by atoms with Gasteiger partial charge in [-0.2, -0.15) is 8.78 Å². The summed E-state index contributed by atoms with van der Waals surface area (Å²) in [4.78, 5) is 4.63. The van der Waals surface area contributed by atoms with Crippen LogP contribution in [0.15, 0.2) is 46.9 Å². The quantitative estimate of drug-likeness (QED) is 0.609. The van der Waals surface area contributed by atoms with Gasteiger partial charge < -0.3 is 9.30 Å². The van der Waals surface area contributed by atoms with Crippen LogP contribution in [0.4, 0.5) is 8.78 Å². The van der Waals surface area contributed by atoms with Crippen molar-refractivity contribution in [3.05, 3.63) is 58.3 Å². The third-order valence-corrected chi connectivity index (χ3v) is 5.43. The van der Waals surface area contributed by atoms with Crippen molar-refractivity contribution in [3.8, 4) is 5.75 Å². The molecule has 1 aliphatic heterocycles. The second-order valence-corrected chi connectivity index (χ2v) is 7.09. The molecular weight excluding hydrogens is 386 g/mol. The Morgan fingerprint density at radius 2 is 2.09 bits per heavy atom. The van der Waals surface area contributed by atoms with Crippen LogP contribution >= 0.6 is 27.7 Å². The molecule has 3 aromatic rings. The highest BCUT2D eigenvalue weighted by Gasteiger charge is 2.30. The number of aromatic nitrogens is 2. The fraction of sp³-hybridized carbons (Fsp3) is 0.188. The standard InChI is InChI=1S/C16H11BrF2N2OS/c17-9-5-6-11-12(7-9)21-14(20-11)8-23-15(21)10-3-1-2-4-13(10)22-16(18)19/h1-7,15-16H,8H2/t15-/m0/s1.